The molecule has 4 nitrogen and oxygen atoms in total. The first-order valence-corrected chi connectivity index (χ1v) is 7.43. The van der Waals surface area contributed by atoms with E-state index in [-0.39, 0.29) is 0 Å². The van der Waals surface area contributed by atoms with Gasteiger partial charge in [-0.2, -0.15) is 0 Å². The van der Waals surface area contributed by atoms with E-state index in [9.17, 15) is 0 Å². The fourth-order valence-electron chi connectivity index (χ4n) is 2.96. The SMILES string of the molecule is CCCc1nc(NC)cc(N2CC(C)CC(C)C2)n1. The number of hydrogen-bond acceptors (Lipinski definition) is 4. The summed E-state index contributed by atoms with van der Waals surface area (Å²) >= 11 is 0. The number of anilines is 2. The fraction of sp³-hybridized carbons (Fsp3) is 0.733. The van der Waals surface area contributed by atoms with E-state index in [1.54, 1.807) is 0 Å². The first-order chi connectivity index (χ1) is 9.12. The second-order valence-electron chi connectivity index (χ2n) is 5.88. The number of nitrogens with zero attached hydrogens (tertiary/aromatic N) is 3. The lowest BCUT2D eigenvalue weighted by atomic mass is 9.92. The van der Waals surface area contributed by atoms with Gasteiger partial charge in [-0.15, -0.1) is 0 Å². The number of rotatable bonds is 4. The fourth-order valence-corrected chi connectivity index (χ4v) is 2.96. The van der Waals surface area contributed by atoms with Crippen molar-refractivity contribution in [1.82, 2.24) is 9.97 Å². The summed E-state index contributed by atoms with van der Waals surface area (Å²) < 4.78 is 0. The molecule has 1 aromatic heterocycles. The molecule has 0 aliphatic carbocycles. The minimum atomic E-state index is 0.742. The van der Waals surface area contributed by atoms with Gasteiger partial charge in [-0.25, -0.2) is 9.97 Å². The second-order valence-corrected chi connectivity index (χ2v) is 5.88. The maximum atomic E-state index is 4.74. The Hall–Kier alpha value is -1.32. The molecule has 1 fully saturated rings. The lowest BCUT2D eigenvalue weighted by molar-refractivity contribution is 0.355. The highest BCUT2D eigenvalue weighted by molar-refractivity contribution is 5.49. The Kier molecular flexibility index (Phi) is 4.61. The third-order valence-electron chi connectivity index (χ3n) is 3.68. The van der Waals surface area contributed by atoms with Crippen LogP contribution in [0.5, 0.6) is 0 Å². The monoisotopic (exact) mass is 262 g/mol. The maximum Gasteiger partial charge on any atom is 0.134 e. The molecule has 1 aromatic rings. The lowest BCUT2D eigenvalue weighted by Crippen LogP contribution is -2.39. The van der Waals surface area contributed by atoms with Crippen molar-refractivity contribution in [3.63, 3.8) is 0 Å². The van der Waals surface area contributed by atoms with Gasteiger partial charge in [0.15, 0.2) is 0 Å². The largest absolute Gasteiger partial charge is 0.373 e. The van der Waals surface area contributed by atoms with Crippen LogP contribution >= 0.6 is 0 Å². The van der Waals surface area contributed by atoms with Crippen molar-refractivity contribution >= 4 is 11.6 Å². The van der Waals surface area contributed by atoms with Crippen molar-refractivity contribution < 1.29 is 0 Å². The summed E-state index contributed by atoms with van der Waals surface area (Å²) in [5.74, 6) is 4.45. The first kappa shape index (κ1) is 14.1. The molecular formula is C15H26N4. The summed E-state index contributed by atoms with van der Waals surface area (Å²) in [4.78, 5) is 11.7. The topological polar surface area (TPSA) is 41.1 Å². The third-order valence-corrected chi connectivity index (χ3v) is 3.68. The molecule has 19 heavy (non-hydrogen) atoms. The van der Waals surface area contributed by atoms with E-state index >= 15 is 0 Å². The van der Waals surface area contributed by atoms with Crippen LogP contribution in [-0.4, -0.2) is 30.1 Å². The van der Waals surface area contributed by atoms with Crippen molar-refractivity contribution in [2.75, 3.05) is 30.4 Å². The molecule has 0 aromatic carbocycles. The average Bonchev–Trinajstić information content (AvgIpc) is 2.37. The summed E-state index contributed by atoms with van der Waals surface area (Å²) in [6.07, 6.45) is 3.35. The van der Waals surface area contributed by atoms with Crippen LogP contribution in [0, 0.1) is 11.8 Å². The molecule has 0 saturated carbocycles. The Labute approximate surface area is 116 Å². The molecule has 0 bridgehead atoms. The zero-order chi connectivity index (χ0) is 13.8. The van der Waals surface area contributed by atoms with Crippen LogP contribution in [0.1, 0.15) is 39.4 Å². The molecular weight excluding hydrogens is 236 g/mol. The predicted octanol–water partition coefficient (Wildman–Crippen LogP) is 2.95. The van der Waals surface area contributed by atoms with Gasteiger partial charge in [0.2, 0.25) is 0 Å². The van der Waals surface area contributed by atoms with Crippen molar-refractivity contribution in [3.8, 4) is 0 Å². The molecule has 2 heterocycles. The molecule has 106 valence electrons. The van der Waals surface area contributed by atoms with Crippen LogP contribution in [0.2, 0.25) is 0 Å². The Morgan fingerprint density at radius 2 is 1.95 bits per heavy atom. The normalized spacial score (nSPS) is 23.5. The smallest absolute Gasteiger partial charge is 0.134 e. The van der Waals surface area contributed by atoms with Crippen molar-refractivity contribution in [2.45, 2.75) is 40.0 Å². The second kappa shape index (κ2) is 6.22. The van der Waals surface area contributed by atoms with Crippen molar-refractivity contribution in [1.29, 1.82) is 0 Å². The van der Waals surface area contributed by atoms with Crippen LogP contribution in [-0.2, 0) is 6.42 Å². The minimum absolute atomic E-state index is 0.742. The average molecular weight is 262 g/mol. The molecule has 1 saturated heterocycles. The Morgan fingerprint density at radius 3 is 2.53 bits per heavy atom. The molecule has 2 atom stereocenters. The molecule has 1 aliphatic rings. The van der Waals surface area contributed by atoms with Gasteiger partial charge in [0.05, 0.1) is 0 Å². The number of piperidine rings is 1. The molecule has 1 N–H and O–H groups in total. The lowest BCUT2D eigenvalue weighted by Gasteiger charge is -2.36. The van der Waals surface area contributed by atoms with Crippen LogP contribution < -0.4 is 10.2 Å². The van der Waals surface area contributed by atoms with Crippen molar-refractivity contribution in [2.24, 2.45) is 11.8 Å². The number of hydrogen-bond donors (Lipinski definition) is 1. The highest BCUT2D eigenvalue weighted by Gasteiger charge is 2.23. The van der Waals surface area contributed by atoms with E-state index in [0.717, 1.165) is 55.2 Å². The summed E-state index contributed by atoms with van der Waals surface area (Å²) in [5.41, 5.74) is 0. The zero-order valence-electron chi connectivity index (χ0n) is 12.6. The first-order valence-electron chi connectivity index (χ1n) is 7.43. The molecule has 0 spiro atoms. The van der Waals surface area contributed by atoms with Crippen LogP contribution in [0.4, 0.5) is 11.6 Å². The van der Waals surface area contributed by atoms with Crippen LogP contribution in [0.3, 0.4) is 0 Å². The van der Waals surface area contributed by atoms with E-state index < -0.39 is 0 Å². The van der Waals surface area contributed by atoms with E-state index in [4.69, 9.17) is 4.98 Å². The highest BCUT2D eigenvalue weighted by atomic mass is 15.2. The Morgan fingerprint density at radius 1 is 1.26 bits per heavy atom. The van der Waals surface area contributed by atoms with E-state index in [2.05, 4.69) is 42.0 Å². The van der Waals surface area contributed by atoms with E-state index in [1.165, 1.54) is 6.42 Å². The van der Waals surface area contributed by atoms with Gasteiger partial charge in [-0.05, 0) is 24.7 Å². The van der Waals surface area contributed by atoms with Crippen molar-refractivity contribution in [3.05, 3.63) is 11.9 Å². The standard InChI is InChI=1S/C15H26N4/c1-5-6-13-17-14(16-4)8-15(18-13)19-9-11(2)7-12(3)10-19/h8,11-12H,5-7,9-10H2,1-4H3,(H,16,17,18). The number of nitrogens with one attached hydrogen (secondary N) is 1. The number of aryl methyl sites for hydroxylation is 1. The molecule has 2 rings (SSSR count). The quantitative estimate of drug-likeness (QED) is 0.905. The third kappa shape index (κ3) is 3.58. The summed E-state index contributed by atoms with van der Waals surface area (Å²) in [7, 11) is 1.92. The van der Waals surface area contributed by atoms with Gasteiger partial charge >= 0.3 is 0 Å². The minimum Gasteiger partial charge on any atom is -0.373 e. The molecule has 1 aliphatic heterocycles. The van der Waals surface area contributed by atoms with Gasteiger partial charge in [0.1, 0.15) is 17.5 Å². The Bertz CT molecular complexity index is 409. The van der Waals surface area contributed by atoms with Gasteiger partial charge in [0.25, 0.3) is 0 Å². The molecule has 4 heteroatoms. The van der Waals surface area contributed by atoms with E-state index in [0.29, 0.717) is 0 Å². The van der Waals surface area contributed by atoms with Gasteiger partial charge < -0.3 is 10.2 Å². The zero-order valence-corrected chi connectivity index (χ0v) is 12.6. The molecule has 2 unspecified atom stereocenters. The highest BCUT2D eigenvalue weighted by Crippen LogP contribution is 2.26. The summed E-state index contributed by atoms with van der Waals surface area (Å²) in [6.45, 7) is 9.04. The van der Waals surface area contributed by atoms with Crippen LogP contribution in [0.15, 0.2) is 6.07 Å². The summed E-state index contributed by atoms with van der Waals surface area (Å²) in [5, 5.41) is 3.15. The molecule has 0 radical (unpaired) electrons. The maximum absolute atomic E-state index is 4.74. The Balaban J connectivity index is 2.24. The summed E-state index contributed by atoms with van der Waals surface area (Å²) in [6, 6.07) is 2.07. The predicted molar refractivity (Wildman–Crippen MR) is 80.7 cm³/mol. The van der Waals surface area contributed by atoms with Gasteiger partial charge in [-0.3, -0.25) is 0 Å². The van der Waals surface area contributed by atoms with E-state index in [1.807, 2.05) is 7.05 Å². The number of aromatic nitrogens is 2. The molecule has 0 amide bonds. The van der Waals surface area contributed by atoms with Gasteiger partial charge in [-0.1, -0.05) is 20.8 Å². The van der Waals surface area contributed by atoms with Gasteiger partial charge in [0, 0.05) is 32.6 Å². The van der Waals surface area contributed by atoms with Crippen LogP contribution in [0.25, 0.3) is 0 Å².